The fraction of sp³-hybridized carbons (Fsp3) is 0.571. The number of hydrogen-bond donors (Lipinski definition) is 0. The van der Waals surface area contributed by atoms with Gasteiger partial charge in [-0.2, -0.15) is 0 Å². The van der Waals surface area contributed by atoms with E-state index in [-0.39, 0.29) is 5.82 Å². The van der Waals surface area contributed by atoms with E-state index >= 15 is 0 Å². The van der Waals surface area contributed by atoms with E-state index in [0.29, 0.717) is 18.5 Å². The predicted octanol–water partition coefficient (Wildman–Crippen LogP) is 4.45. The molecular weight excluding hydrogens is 281 g/mol. The van der Waals surface area contributed by atoms with Crippen molar-refractivity contribution in [3.8, 4) is 0 Å². The molecular formula is C14H21BrFN. The minimum absolute atomic E-state index is 0.131. The summed E-state index contributed by atoms with van der Waals surface area (Å²) in [5.41, 5.74) is 0.766. The lowest BCUT2D eigenvalue weighted by atomic mass is 10.1. The van der Waals surface area contributed by atoms with Gasteiger partial charge in [-0.3, -0.25) is 4.90 Å². The first-order chi connectivity index (χ1) is 7.90. The van der Waals surface area contributed by atoms with Gasteiger partial charge in [-0.05, 0) is 31.9 Å². The maximum atomic E-state index is 13.8. The van der Waals surface area contributed by atoms with Gasteiger partial charge in [-0.25, -0.2) is 4.39 Å². The first-order valence-electron chi connectivity index (χ1n) is 6.08. The Morgan fingerprint density at radius 2 is 1.88 bits per heavy atom. The molecule has 0 radical (unpaired) electrons. The highest BCUT2D eigenvalue weighted by Gasteiger charge is 2.14. The zero-order valence-electron chi connectivity index (χ0n) is 11.0. The van der Waals surface area contributed by atoms with Crippen LogP contribution in [0.3, 0.4) is 0 Å². The quantitative estimate of drug-likeness (QED) is 0.776. The molecule has 0 N–H and O–H groups in total. The van der Waals surface area contributed by atoms with Crippen LogP contribution in [-0.2, 0) is 6.54 Å². The first kappa shape index (κ1) is 14.7. The highest BCUT2D eigenvalue weighted by molar-refractivity contribution is 9.10. The van der Waals surface area contributed by atoms with Crippen LogP contribution in [0.2, 0.25) is 0 Å². The van der Waals surface area contributed by atoms with Gasteiger partial charge in [0.2, 0.25) is 0 Å². The van der Waals surface area contributed by atoms with Crippen LogP contribution >= 0.6 is 15.9 Å². The van der Waals surface area contributed by atoms with Gasteiger partial charge < -0.3 is 0 Å². The van der Waals surface area contributed by atoms with E-state index < -0.39 is 0 Å². The lowest BCUT2D eigenvalue weighted by Gasteiger charge is -2.28. The maximum absolute atomic E-state index is 13.8. The van der Waals surface area contributed by atoms with Crippen LogP contribution in [0.5, 0.6) is 0 Å². The molecule has 0 spiro atoms. The van der Waals surface area contributed by atoms with Crippen molar-refractivity contribution in [2.75, 3.05) is 6.54 Å². The molecule has 0 aliphatic rings. The predicted molar refractivity (Wildman–Crippen MR) is 74.5 cm³/mol. The van der Waals surface area contributed by atoms with E-state index in [2.05, 4.69) is 48.5 Å². The number of hydrogen-bond acceptors (Lipinski definition) is 1. The summed E-state index contributed by atoms with van der Waals surface area (Å²) in [5.74, 6) is 0.463. The van der Waals surface area contributed by atoms with Crippen LogP contribution in [0.15, 0.2) is 22.7 Å². The van der Waals surface area contributed by atoms with Crippen molar-refractivity contribution in [3.63, 3.8) is 0 Å². The van der Waals surface area contributed by atoms with Crippen LogP contribution in [0, 0.1) is 11.7 Å². The van der Waals surface area contributed by atoms with Gasteiger partial charge in [0.05, 0.1) is 0 Å². The second-order valence-corrected chi connectivity index (χ2v) is 6.07. The van der Waals surface area contributed by atoms with Crippen molar-refractivity contribution in [1.82, 2.24) is 4.90 Å². The Hall–Kier alpha value is -0.410. The fourth-order valence-corrected chi connectivity index (χ4v) is 2.13. The molecule has 0 bridgehead atoms. The maximum Gasteiger partial charge on any atom is 0.128 e. The van der Waals surface area contributed by atoms with Gasteiger partial charge in [0, 0.05) is 29.2 Å². The number of rotatable bonds is 5. The van der Waals surface area contributed by atoms with Crippen LogP contribution < -0.4 is 0 Å². The molecule has 1 rings (SSSR count). The van der Waals surface area contributed by atoms with Crippen LogP contribution in [0.1, 0.15) is 33.3 Å². The third-order valence-electron chi connectivity index (χ3n) is 2.72. The molecule has 0 unspecified atom stereocenters. The molecule has 0 saturated heterocycles. The highest BCUT2D eigenvalue weighted by atomic mass is 79.9. The summed E-state index contributed by atoms with van der Waals surface area (Å²) in [4.78, 5) is 2.30. The molecule has 0 heterocycles. The largest absolute Gasteiger partial charge is 0.296 e. The Morgan fingerprint density at radius 3 is 2.35 bits per heavy atom. The first-order valence-corrected chi connectivity index (χ1v) is 6.87. The minimum atomic E-state index is -0.131. The molecule has 0 fully saturated rings. The second kappa shape index (κ2) is 6.50. The summed E-state index contributed by atoms with van der Waals surface area (Å²) in [5, 5.41) is 0. The van der Waals surface area contributed by atoms with Crippen molar-refractivity contribution in [2.24, 2.45) is 5.92 Å². The van der Waals surface area contributed by atoms with Gasteiger partial charge in [0.25, 0.3) is 0 Å². The van der Waals surface area contributed by atoms with Gasteiger partial charge in [-0.15, -0.1) is 0 Å². The SMILES string of the molecule is CC(C)CN(Cc1ccc(Br)cc1F)C(C)C. The average Bonchev–Trinajstić information content (AvgIpc) is 2.19. The van der Waals surface area contributed by atoms with Gasteiger partial charge >= 0.3 is 0 Å². The van der Waals surface area contributed by atoms with E-state index in [9.17, 15) is 4.39 Å². The van der Waals surface area contributed by atoms with Crippen molar-refractivity contribution in [3.05, 3.63) is 34.1 Å². The lowest BCUT2D eigenvalue weighted by molar-refractivity contribution is 0.187. The highest BCUT2D eigenvalue weighted by Crippen LogP contribution is 2.18. The summed E-state index contributed by atoms with van der Waals surface area (Å²) in [6.45, 7) is 10.3. The van der Waals surface area contributed by atoms with E-state index in [1.165, 1.54) is 6.07 Å². The van der Waals surface area contributed by atoms with E-state index in [1.54, 1.807) is 0 Å². The Balaban J connectivity index is 2.78. The summed E-state index contributed by atoms with van der Waals surface area (Å²) in [7, 11) is 0. The van der Waals surface area contributed by atoms with Crippen LogP contribution in [-0.4, -0.2) is 17.5 Å². The van der Waals surface area contributed by atoms with Crippen molar-refractivity contribution >= 4 is 15.9 Å². The van der Waals surface area contributed by atoms with Gasteiger partial charge in [-0.1, -0.05) is 35.8 Å². The molecule has 0 aromatic heterocycles. The molecule has 0 aliphatic heterocycles. The number of benzene rings is 1. The Labute approximate surface area is 112 Å². The number of halogens is 2. The zero-order valence-corrected chi connectivity index (χ0v) is 12.6. The molecule has 0 amide bonds. The Morgan fingerprint density at radius 1 is 1.24 bits per heavy atom. The van der Waals surface area contributed by atoms with Gasteiger partial charge in [0.1, 0.15) is 5.82 Å². The number of nitrogens with zero attached hydrogens (tertiary/aromatic N) is 1. The third-order valence-corrected chi connectivity index (χ3v) is 3.21. The molecule has 3 heteroatoms. The molecule has 0 aliphatic carbocycles. The molecule has 96 valence electrons. The summed E-state index contributed by atoms with van der Waals surface area (Å²) in [6.07, 6.45) is 0. The smallest absolute Gasteiger partial charge is 0.128 e. The minimum Gasteiger partial charge on any atom is -0.296 e. The lowest BCUT2D eigenvalue weighted by Crippen LogP contribution is -2.33. The summed E-state index contributed by atoms with van der Waals surface area (Å²) < 4.78 is 14.5. The monoisotopic (exact) mass is 301 g/mol. The molecule has 17 heavy (non-hydrogen) atoms. The fourth-order valence-electron chi connectivity index (χ4n) is 1.80. The topological polar surface area (TPSA) is 3.24 Å². The molecule has 0 atom stereocenters. The van der Waals surface area contributed by atoms with E-state index in [0.717, 1.165) is 16.6 Å². The Bertz CT molecular complexity index is 363. The van der Waals surface area contributed by atoms with Crippen molar-refractivity contribution in [2.45, 2.75) is 40.3 Å². The Kier molecular flexibility index (Phi) is 5.60. The van der Waals surface area contributed by atoms with Gasteiger partial charge in [0.15, 0.2) is 0 Å². The van der Waals surface area contributed by atoms with Crippen molar-refractivity contribution < 1.29 is 4.39 Å². The normalized spacial score (nSPS) is 11.8. The standard InChI is InChI=1S/C14H21BrFN/c1-10(2)8-17(11(3)4)9-12-5-6-13(15)7-14(12)16/h5-7,10-11H,8-9H2,1-4H3. The summed E-state index contributed by atoms with van der Waals surface area (Å²) in [6, 6.07) is 5.71. The molecule has 1 aromatic carbocycles. The molecule has 0 saturated carbocycles. The summed E-state index contributed by atoms with van der Waals surface area (Å²) >= 11 is 3.28. The van der Waals surface area contributed by atoms with Crippen molar-refractivity contribution in [1.29, 1.82) is 0 Å². The average molecular weight is 302 g/mol. The zero-order chi connectivity index (χ0) is 13.0. The third kappa shape index (κ3) is 4.76. The van der Waals surface area contributed by atoms with E-state index in [4.69, 9.17) is 0 Å². The van der Waals surface area contributed by atoms with E-state index in [1.807, 2.05) is 12.1 Å². The molecule has 1 nitrogen and oxygen atoms in total. The second-order valence-electron chi connectivity index (χ2n) is 5.15. The molecule has 1 aromatic rings. The van der Waals surface area contributed by atoms with Crippen LogP contribution in [0.25, 0.3) is 0 Å². The van der Waals surface area contributed by atoms with Crippen LogP contribution in [0.4, 0.5) is 4.39 Å².